The summed E-state index contributed by atoms with van der Waals surface area (Å²) in [6, 6.07) is 15.0. The van der Waals surface area contributed by atoms with Crippen LogP contribution in [-0.4, -0.2) is 25.1 Å². The van der Waals surface area contributed by atoms with Gasteiger partial charge >= 0.3 is 0 Å². The summed E-state index contributed by atoms with van der Waals surface area (Å²) in [6.45, 7) is 3.79. The number of anilines is 2. The lowest BCUT2D eigenvalue weighted by Gasteiger charge is -2.30. The highest BCUT2D eigenvalue weighted by Crippen LogP contribution is 2.28. The summed E-state index contributed by atoms with van der Waals surface area (Å²) in [7, 11) is 0. The third-order valence-corrected chi connectivity index (χ3v) is 4.57. The molecule has 1 saturated heterocycles. The van der Waals surface area contributed by atoms with Crippen molar-refractivity contribution in [1.29, 1.82) is 0 Å². The SMILES string of the molecule is C[C@H](Oc1cccc(Cl)c1)C(=O)Nc1ccccc1N1CCCCC1. The summed E-state index contributed by atoms with van der Waals surface area (Å²) in [4.78, 5) is 14.9. The van der Waals surface area contributed by atoms with Gasteiger partial charge in [-0.1, -0.05) is 29.8 Å². The van der Waals surface area contributed by atoms with E-state index in [2.05, 4.69) is 16.3 Å². The Morgan fingerprint density at radius 3 is 2.64 bits per heavy atom. The molecule has 1 amide bonds. The third-order valence-electron chi connectivity index (χ3n) is 4.34. The molecule has 1 atom stereocenters. The summed E-state index contributed by atoms with van der Waals surface area (Å²) < 4.78 is 5.70. The molecule has 1 heterocycles. The Hall–Kier alpha value is -2.20. The lowest BCUT2D eigenvalue weighted by atomic mass is 10.1. The highest BCUT2D eigenvalue weighted by molar-refractivity contribution is 6.30. The minimum absolute atomic E-state index is 0.176. The van der Waals surface area contributed by atoms with E-state index in [1.807, 2.05) is 18.2 Å². The van der Waals surface area contributed by atoms with Crippen molar-refractivity contribution in [2.45, 2.75) is 32.3 Å². The molecule has 4 nitrogen and oxygen atoms in total. The average Bonchev–Trinajstić information content (AvgIpc) is 2.63. The molecule has 0 aromatic heterocycles. The number of nitrogens with zero attached hydrogens (tertiary/aromatic N) is 1. The number of amides is 1. The van der Waals surface area contributed by atoms with E-state index in [9.17, 15) is 4.79 Å². The summed E-state index contributed by atoms with van der Waals surface area (Å²) in [5.41, 5.74) is 1.90. The minimum atomic E-state index is -0.618. The van der Waals surface area contributed by atoms with Crippen molar-refractivity contribution in [2.75, 3.05) is 23.3 Å². The second-order valence-electron chi connectivity index (χ2n) is 6.27. The van der Waals surface area contributed by atoms with E-state index in [0.29, 0.717) is 10.8 Å². The lowest BCUT2D eigenvalue weighted by molar-refractivity contribution is -0.122. The Labute approximate surface area is 153 Å². The van der Waals surface area contributed by atoms with E-state index in [1.54, 1.807) is 31.2 Å². The van der Waals surface area contributed by atoms with Gasteiger partial charge in [0.25, 0.3) is 5.91 Å². The van der Waals surface area contributed by atoms with Crippen LogP contribution in [0.15, 0.2) is 48.5 Å². The van der Waals surface area contributed by atoms with Crippen molar-refractivity contribution in [2.24, 2.45) is 0 Å². The molecule has 1 N–H and O–H groups in total. The zero-order valence-corrected chi connectivity index (χ0v) is 15.1. The van der Waals surface area contributed by atoms with Crippen molar-refractivity contribution >= 4 is 28.9 Å². The molecule has 0 unspecified atom stereocenters. The predicted octanol–water partition coefficient (Wildman–Crippen LogP) is 4.74. The zero-order chi connectivity index (χ0) is 17.6. The number of carbonyl (C=O) groups is 1. The monoisotopic (exact) mass is 358 g/mol. The van der Waals surface area contributed by atoms with Gasteiger partial charge in [-0.25, -0.2) is 0 Å². The standard InChI is InChI=1S/C20H23ClN2O2/c1-15(25-17-9-7-8-16(21)14-17)20(24)22-18-10-3-4-11-19(18)23-12-5-2-6-13-23/h3-4,7-11,14-15H,2,5-6,12-13H2,1H3,(H,22,24)/t15-/m0/s1. The molecule has 0 radical (unpaired) electrons. The third kappa shape index (κ3) is 4.67. The molecule has 132 valence electrons. The second-order valence-corrected chi connectivity index (χ2v) is 6.71. The Morgan fingerprint density at radius 1 is 1.12 bits per heavy atom. The molecule has 2 aromatic carbocycles. The predicted molar refractivity (Wildman–Crippen MR) is 103 cm³/mol. The molecular weight excluding hydrogens is 336 g/mol. The number of benzene rings is 2. The van der Waals surface area contributed by atoms with Crippen LogP contribution in [0.4, 0.5) is 11.4 Å². The molecule has 0 bridgehead atoms. The number of halogens is 1. The maximum Gasteiger partial charge on any atom is 0.265 e. The van der Waals surface area contributed by atoms with Crippen LogP contribution >= 0.6 is 11.6 Å². The number of carbonyl (C=O) groups excluding carboxylic acids is 1. The van der Waals surface area contributed by atoms with Gasteiger partial charge in [0, 0.05) is 18.1 Å². The van der Waals surface area contributed by atoms with Crippen molar-refractivity contribution in [3.8, 4) is 5.75 Å². The van der Waals surface area contributed by atoms with Crippen LogP contribution in [0.3, 0.4) is 0 Å². The molecular formula is C20H23ClN2O2. The summed E-state index contributed by atoms with van der Waals surface area (Å²) >= 11 is 5.96. The van der Waals surface area contributed by atoms with Crippen molar-refractivity contribution in [3.05, 3.63) is 53.6 Å². The van der Waals surface area contributed by atoms with Crippen molar-refractivity contribution in [3.63, 3.8) is 0 Å². The van der Waals surface area contributed by atoms with Crippen LogP contribution in [0.5, 0.6) is 5.75 Å². The van der Waals surface area contributed by atoms with Gasteiger partial charge in [-0.15, -0.1) is 0 Å². The van der Waals surface area contributed by atoms with Crippen LogP contribution < -0.4 is 15.0 Å². The second kappa shape index (κ2) is 8.26. The fourth-order valence-corrected chi connectivity index (χ4v) is 3.20. The number of hydrogen-bond acceptors (Lipinski definition) is 3. The first-order valence-electron chi connectivity index (χ1n) is 8.70. The van der Waals surface area contributed by atoms with Crippen LogP contribution in [0.2, 0.25) is 5.02 Å². The normalized spacial score (nSPS) is 15.5. The molecule has 2 aromatic rings. The van der Waals surface area contributed by atoms with Crippen LogP contribution in [0.25, 0.3) is 0 Å². The summed E-state index contributed by atoms with van der Waals surface area (Å²) in [5, 5.41) is 3.59. The molecule has 0 saturated carbocycles. The highest BCUT2D eigenvalue weighted by atomic mass is 35.5. The van der Waals surface area contributed by atoms with Gasteiger partial charge in [0.1, 0.15) is 5.75 Å². The topological polar surface area (TPSA) is 41.6 Å². The maximum absolute atomic E-state index is 12.5. The Balaban J connectivity index is 1.68. The summed E-state index contributed by atoms with van der Waals surface area (Å²) in [5.74, 6) is 0.406. The van der Waals surface area contributed by atoms with E-state index >= 15 is 0 Å². The molecule has 25 heavy (non-hydrogen) atoms. The first kappa shape index (κ1) is 17.6. The Bertz CT molecular complexity index is 729. The smallest absolute Gasteiger partial charge is 0.265 e. The van der Waals surface area contributed by atoms with E-state index in [0.717, 1.165) is 24.5 Å². The quantitative estimate of drug-likeness (QED) is 0.839. The number of ether oxygens (including phenoxy) is 1. The van der Waals surface area contributed by atoms with Gasteiger partial charge in [0.2, 0.25) is 0 Å². The number of nitrogens with one attached hydrogen (secondary N) is 1. The van der Waals surface area contributed by atoms with Gasteiger partial charge in [-0.2, -0.15) is 0 Å². The minimum Gasteiger partial charge on any atom is -0.481 e. The molecule has 5 heteroatoms. The maximum atomic E-state index is 12.5. The average molecular weight is 359 g/mol. The first-order valence-corrected chi connectivity index (χ1v) is 9.08. The fourth-order valence-electron chi connectivity index (χ4n) is 3.02. The highest BCUT2D eigenvalue weighted by Gasteiger charge is 2.19. The molecule has 1 aliphatic rings. The van der Waals surface area contributed by atoms with E-state index in [4.69, 9.17) is 16.3 Å². The molecule has 0 aliphatic carbocycles. The van der Waals surface area contributed by atoms with Gasteiger partial charge in [0.05, 0.1) is 11.4 Å². The number of para-hydroxylation sites is 2. The van der Waals surface area contributed by atoms with Gasteiger partial charge in [0.15, 0.2) is 6.10 Å². The van der Waals surface area contributed by atoms with Gasteiger partial charge in [-0.3, -0.25) is 4.79 Å². The van der Waals surface area contributed by atoms with Crippen LogP contribution in [-0.2, 0) is 4.79 Å². The number of rotatable bonds is 5. The van der Waals surface area contributed by atoms with E-state index < -0.39 is 6.10 Å². The molecule has 1 aliphatic heterocycles. The van der Waals surface area contributed by atoms with Crippen molar-refractivity contribution < 1.29 is 9.53 Å². The zero-order valence-electron chi connectivity index (χ0n) is 14.4. The number of hydrogen-bond donors (Lipinski definition) is 1. The Morgan fingerprint density at radius 2 is 1.88 bits per heavy atom. The van der Waals surface area contributed by atoms with Gasteiger partial charge < -0.3 is 15.0 Å². The molecule has 3 rings (SSSR count). The Kier molecular flexibility index (Phi) is 5.82. The van der Waals surface area contributed by atoms with E-state index in [-0.39, 0.29) is 5.91 Å². The number of piperidine rings is 1. The molecule has 0 spiro atoms. The van der Waals surface area contributed by atoms with Crippen molar-refractivity contribution in [1.82, 2.24) is 0 Å². The van der Waals surface area contributed by atoms with Crippen LogP contribution in [0, 0.1) is 0 Å². The lowest BCUT2D eigenvalue weighted by Crippen LogP contribution is -2.33. The van der Waals surface area contributed by atoms with Gasteiger partial charge in [-0.05, 0) is 56.5 Å². The largest absolute Gasteiger partial charge is 0.481 e. The first-order chi connectivity index (χ1) is 12.1. The molecule has 1 fully saturated rings. The summed E-state index contributed by atoms with van der Waals surface area (Å²) in [6.07, 6.45) is 3.04. The van der Waals surface area contributed by atoms with E-state index in [1.165, 1.54) is 19.3 Å². The fraction of sp³-hybridized carbons (Fsp3) is 0.350. The van der Waals surface area contributed by atoms with Crippen LogP contribution in [0.1, 0.15) is 26.2 Å².